The Morgan fingerprint density at radius 2 is 1.94 bits per heavy atom. The third kappa shape index (κ3) is 2.26. The molecule has 0 bridgehead atoms. The van der Waals surface area contributed by atoms with Crippen molar-refractivity contribution in [1.82, 2.24) is 0 Å². The van der Waals surface area contributed by atoms with Gasteiger partial charge in [-0.15, -0.1) is 0 Å². The Hall–Kier alpha value is -1.76. The van der Waals surface area contributed by atoms with E-state index in [0.717, 1.165) is 12.1 Å². The predicted molar refractivity (Wildman–Crippen MR) is 60.5 cm³/mol. The average molecular weight is 258 g/mol. The van der Waals surface area contributed by atoms with E-state index in [-0.39, 0.29) is 18.8 Å². The molecule has 0 amide bonds. The van der Waals surface area contributed by atoms with Crippen LogP contribution in [0.3, 0.4) is 0 Å². The lowest BCUT2D eigenvalue weighted by Crippen LogP contribution is -2.36. The number of nitro benzene ring substituents is 1. The van der Waals surface area contributed by atoms with Crippen molar-refractivity contribution in [3.8, 4) is 0 Å². The summed E-state index contributed by atoms with van der Waals surface area (Å²) in [7, 11) is 0. The Morgan fingerprint density at radius 3 is 2.50 bits per heavy atom. The maximum Gasteiger partial charge on any atom is 0.295 e. The molecule has 2 rings (SSSR count). The summed E-state index contributed by atoms with van der Waals surface area (Å²) in [5.41, 5.74) is -0.780. The maximum atomic E-state index is 13.7. The van der Waals surface area contributed by atoms with Crippen molar-refractivity contribution in [2.24, 2.45) is 0 Å². The summed E-state index contributed by atoms with van der Waals surface area (Å²) in [5.74, 6) is -2.32. The third-order valence-electron chi connectivity index (χ3n) is 3.03. The van der Waals surface area contributed by atoms with E-state index in [9.17, 15) is 24.0 Å². The highest BCUT2D eigenvalue weighted by Gasteiger charge is 2.28. The number of aliphatic hydroxyl groups excluding tert-OH is 1. The molecule has 0 unspecified atom stereocenters. The number of benzene rings is 1. The van der Waals surface area contributed by atoms with Crippen LogP contribution in [0.4, 0.5) is 20.2 Å². The lowest BCUT2D eigenvalue weighted by molar-refractivity contribution is -0.384. The van der Waals surface area contributed by atoms with Gasteiger partial charge in [-0.25, -0.2) is 8.78 Å². The first kappa shape index (κ1) is 12.7. The van der Waals surface area contributed by atoms with E-state index in [1.165, 1.54) is 4.90 Å². The van der Waals surface area contributed by atoms with Crippen LogP contribution in [0.2, 0.25) is 0 Å². The summed E-state index contributed by atoms with van der Waals surface area (Å²) in [6, 6.07) is 1.70. The molecule has 5 nitrogen and oxygen atoms in total. The minimum atomic E-state index is -1.21. The molecular weight excluding hydrogens is 246 g/mol. The Kier molecular flexibility index (Phi) is 3.42. The summed E-state index contributed by atoms with van der Waals surface area (Å²) < 4.78 is 26.9. The highest BCUT2D eigenvalue weighted by molar-refractivity contribution is 5.64. The molecule has 0 aliphatic carbocycles. The van der Waals surface area contributed by atoms with Crippen molar-refractivity contribution in [2.45, 2.75) is 18.9 Å². The molecule has 1 aromatic carbocycles. The smallest absolute Gasteiger partial charge is 0.295 e. The summed E-state index contributed by atoms with van der Waals surface area (Å²) in [5, 5.41) is 20.2. The van der Waals surface area contributed by atoms with E-state index in [4.69, 9.17) is 0 Å². The van der Waals surface area contributed by atoms with Crippen LogP contribution in [-0.4, -0.2) is 29.2 Å². The van der Waals surface area contributed by atoms with E-state index in [0.29, 0.717) is 12.8 Å². The molecule has 0 atom stereocenters. The van der Waals surface area contributed by atoms with E-state index < -0.39 is 28.3 Å². The van der Waals surface area contributed by atoms with Gasteiger partial charge in [0.15, 0.2) is 17.3 Å². The lowest BCUT2D eigenvalue weighted by atomic mass is 10.1. The molecule has 1 heterocycles. The number of nitro groups is 1. The van der Waals surface area contributed by atoms with Gasteiger partial charge < -0.3 is 10.0 Å². The number of rotatable bonds is 2. The van der Waals surface area contributed by atoms with Gasteiger partial charge in [-0.05, 0) is 18.9 Å². The monoisotopic (exact) mass is 258 g/mol. The molecule has 0 aromatic heterocycles. The third-order valence-corrected chi connectivity index (χ3v) is 3.03. The Labute approximate surface area is 102 Å². The second kappa shape index (κ2) is 4.85. The van der Waals surface area contributed by atoms with Crippen molar-refractivity contribution in [3.63, 3.8) is 0 Å². The fourth-order valence-corrected chi connectivity index (χ4v) is 2.07. The zero-order valence-electron chi connectivity index (χ0n) is 9.47. The van der Waals surface area contributed by atoms with Gasteiger partial charge in [0, 0.05) is 19.2 Å². The number of halogens is 2. The van der Waals surface area contributed by atoms with Gasteiger partial charge in [0.05, 0.1) is 11.0 Å². The average Bonchev–Trinajstić information content (AvgIpc) is 2.33. The topological polar surface area (TPSA) is 66.6 Å². The fourth-order valence-electron chi connectivity index (χ4n) is 2.07. The van der Waals surface area contributed by atoms with Crippen molar-refractivity contribution in [2.75, 3.05) is 18.0 Å². The summed E-state index contributed by atoms with van der Waals surface area (Å²) in [6.07, 6.45) is 0.275. The number of piperidine rings is 1. The van der Waals surface area contributed by atoms with Gasteiger partial charge in [0.1, 0.15) is 0 Å². The van der Waals surface area contributed by atoms with Gasteiger partial charge in [-0.3, -0.25) is 10.1 Å². The summed E-state index contributed by atoms with van der Waals surface area (Å²) >= 11 is 0. The normalized spacial score (nSPS) is 16.9. The van der Waals surface area contributed by atoms with Crippen LogP contribution in [-0.2, 0) is 0 Å². The first-order chi connectivity index (χ1) is 8.50. The first-order valence-corrected chi connectivity index (χ1v) is 5.56. The van der Waals surface area contributed by atoms with Crippen molar-refractivity contribution < 1.29 is 18.8 Å². The minimum Gasteiger partial charge on any atom is -0.393 e. The van der Waals surface area contributed by atoms with Crippen molar-refractivity contribution in [3.05, 3.63) is 33.9 Å². The molecule has 1 aliphatic rings. The van der Waals surface area contributed by atoms with Crippen molar-refractivity contribution in [1.29, 1.82) is 0 Å². The fraction of sp³-hybridized carbons (Fsp3) is 0.455. The number of aliphatic hydroxyl groups is 1. The summed E-state index contributed by atoms with van der Waals surface area (Å²) in [4.78, 5) is 11.5. The van der Waals surface area contributed by atoms with E-state index in [1.807, 2.05) is 0 Å². The SMILES string of the molecule is O=[N+]([O-])c1ccc(F)c(F)c1N1CCC(O)CC1. The predicted octanol–water partition coefficient (Wildman–Crippen LogP) is 1.83. The quantitative estimate of drug-likeness (QED) is 0.649. The molecule has 1 fully saturated rings. The molecule has 1 N–H and O–H groups in total. The van der Waals surface area contributed by atoms with Crippen LogP contribution >= 0.6 is 0 Å². The first-order valence-electron chi connectivity index (χ1n) is 5.56. The van der Waals surface area contributed by atoms with Gasteiger partial charge in [-0.1, -0.05) is 0 Å². The minimum absolute atomic E-state index is 0.266. The molecule has 0 spiro atoms. The lowest BCUT2D eigenvalue weighted by Gasteiger charge is -2.31. The number of nitrogens with zero attached hydrogens (tertiary/aromatic N) is 2. The molecule has 7 heteroatoms. The van der Waals surface area contributed by atoms with Crippen molar-refractivity contribution >= 4 is 11.4 Å². The molecule has 1 saturated heterocycles. The Bertz CT molecular complexity index is 474. The van der Waals surface area contributed by atoms with Crippen LogP contribution in [0.1, 0.15) is 12.8 Å². The van der Waals surface area contributed by atoms with Crippen LogP contribution in [0.5, 0.6) is 0 Å². The molecule has 1 aliphatic heterocycles. The highest BCUT2D eigenvalue weighted by atomic mass is 19.2. The zero-order valence-corrected chi connectivity index (χ0v) is 9.47. The molecule has 18 heavy (non-hydrogen) atoms. The van der Waals surface area contributed by atoms with Crippen LogP contribution in [0.15, 0.2) is 12.1 Å². The maximum absolute atomic E-state index is 13.7. The van der Waals surface area contributed by atoms with Gasteiger partial charge in [-0.2, -0.15) is 0 Å². The molecule has 0 saturated carbocycles. The Morgan fingerprint density at radius 1 is 1.33 bits per heavy atom. The van der Waals surface area contributed by atoms with E-state index in [1.54, 1.807) is 0 Å². The van der Waals surface area contributed by atoms with Crippen LogP contribution < -0.4 is 4.90 Å². The van der Waals surface area contributed by atoms with E-state index >= 15 is 0 Å². The van der Waals surface area contributed by atoms with Gasteiger partial charge >= 0.3 is 0 Å². The van der Waals surface area contributed by atoms with Crippen LogP contribution in [0.25, 0.3) is 0 Å². The largest absolute Gasteiger partial charge is 0.393 e. The van der Waals surface area contributed by atoms with Gasteiger partial charge in [0.25, 0.3) is 5.69 Å². The number of hydrogen-bond donors (Lipinski definition) is 1. The molecule has 0 radical (unpaired) electrons. The highest BCUT2D eigenvalue weighted by Crippen LogP contribution is 2.34. The van der Waals surface area contributed by atoms with Gasteiger partial charge in [0.2, 0.25) is 0 Å². The van der Waals surface area contributed by atoms with Crippen LogP contribution in [0, 0.1) is 21.7 Å². The zero-order chi connectivity index (χ0) is 13.3. The Balaban J connectivity index is 2.41. The second-order valence-corrected chi connectivity index (χ2v) is 4.20. The standard InChI is InChI=1S/C11H12F2N2O3/c12-8-1-2-9(15(17)18)11(10(8)13)14-5-3-7(16)4-6-14/h1-2,7,16H,3-6H2. The molecule has 98 valence electrons. The summed E-state index contributed by atoms with van der Waals surface area (Å²) in [6.45, 7) is 0.532. The molecular formula is C11H12F2N2O3. The second-order valence-electron chi connectivity index (χ2n) is 4.20. The number of hydrogen-bond acceptors (Lipinski definition) is 4. The van der Waals surface area contributed by atoms with E-state index in [2.05, 4.69) is 0 Å². The number of anilines is 1. The molecule has 1 aromatic rings.